The van der Waals surface area contributed by atoms with E-state index >= 15 is 0 Å². The zero-order valence-electron chi connectivity index (χ0n) is 19.2. The summed E-state index contributed by atoms with van der Waals surface area (Å²) in [6.45, 7) is 7.30. The van der Waals surface area contributed by atoms with Crippen molar-refractivity contribution in [2.75, 3.05) is 42.9 Å². The molecular weight excluding hydrogens is 447 g/mol. The molecule has 2 aromatic rings. The number of pyridine rings is 1. The Kier molecular flexibility index (Phi) is 7.55. The van der Waals surface area contributed by atoms with Gasteiger partial charge in [0.25, 0.3) is 0 Å². The molecular formula is C24H30F3N5O2. The highest BCUT2D eigenvalue weighted by molar-refractivity contribution is 5.58. The van der Waals surface area contributed by atoms with Crippen molar-refractivity contribution >= 4 is 17.1 Å². The van der Waals surface area contributed by atoms with Crippen LogP contribution >= 0.6 is 0 Å². The second kappa shape index (κ2) is 10.6. The Balaban J connectivity index is 1.30. The smallest absolute Gasteiger partial charge is 0.418 e. The van der Waals surface area contributed by atoms with Crippen molar-refractivity contribution < 1.29 is 17.9 Å². The Morgan fingerprint density at radius 1 is 1.09 bits per heavy atom. The standard InChI is InChI=1S/C24H30F3N5O2/c1-2-31-11-13-32(14-12-31)19-9-10-28-23(16-19)34-20-6-3-17(4-7-20)29-18-5-8-22(30-33)21(15-18)24(25,26)27/h5,8-10,15-17,20,29H,2-4,6-7,11-14H2,1H3. The number of piperazine rings is 1. The van der Waals surface area contributed by atoms with Crippen LogP contribution in [0.2, 0.25) is 0 Å². The number of benzene rings is 1. The van der Waals surface area contributed by atoms with Crippen molar-refractivity contribution in [3.8, 4) is 5.88 Å². The van der Waals surface area contributed by atoms with Gasteiger partial charge in [0, 0.05) is 55.9 Å². The van der Waals surface area contributed by atoms with Crippen LogP contribution in [0.1, 0.15) is 38.2 Å². The summed E-state index contributed by atoms with van der Waals surface area (Å²) in [7, 11) is 0. The lowest BCUT2D eigenvalue weighted by Gasteiger charge is -2.35. The van der Waals surface area contributed by atoms with Crippen LogP contribution in [0, 0.1) is 4.91 Å². The van der Waals surface area contributed by atoms with E-state index in [-0.39, 0.29) is 12.1 Å². The molecule has 2 aliphatic rings. The van der Waals surface area contributed by atoms with Crippen LogP contribution in [0.4, 0.5) is 30.2 Å². The molecule has 0 bridgehead atoms. The molecule has 1 N–H and O–H groups in total. The molecule has 0 atom stereocenters. The van der Waals surface area contributed by atoms with Gasteiger partial charge >= 0.3 is 6.18 Å². The maximum atomic E-state index is 13.2. The molecule has 4 rings (SSSR count). The first kappa shape index (κ1) is 24.3. The number of hydrogen-bond donors (Lipinski definition) is 1. The topological polar surface area (TPSA) is 70.1 Å². The molecule has 184 valence electrons. The van der Waals surface area contributed by atoms with Crippen molar-refractivity contribution in [2.24, 2.45) is 5.18 Å². The van der Waals surface area contributed by atoms with Crippen LogP contribution in [-0.2, 0) is 6.18 Å². The van der Waals surface area contributed by atoms with Gasteiger partial charge in [-0.15, -0.1) is 4.91 Å². The summed E-state index contributed by atoms with van der Waals surface area (Å²) in [5.74, 6) is 0.610. The lowest BCUT2D eigenvalue weighted by atomic mass is 9.92. The monoisotopic (exact) mass is 477 g/mol. The molecule has 7 nitrogen and oxygen atoms in total. The van der Waals surface area contributed by atoms with E-state index in [0.29, 0.717) is 11.6 Å². The predicted molar refractivity (Wildman–Crippen MR) is 126 cm³/mol. The number of anilines is 2. The quantitative estimate of drug-likeness (QED) is 0.536. The Hall–Kier alpha value is -2.88. The molecule has 1 aliphatic carbocycles. The van der Waals surface area contributed by atoms with Crippen molar-refractivity contribution in [3.63, 3.8) is 0 Å². The van der Waals surface area contributed by atoms with Gasteiger partial charge in [-0.05, 0) is 61.7 Å². The molecule has 1 aromatic heterocycles. The number of likely N-dealkylation sites (N-methyl/N-ethyl adjacent to an activating group) is 1. The first-order valence-corrected chi connectivity index (χ1v) is 11.8. The zero-order chi connectivity index (χ0) is 24.1. The van der Waals surface area contributed by atoms with E-state index in [2.05, 4.69) is 32.2 Å². The summed E-state index contributed by atoms with van der Waals surface area (Å²) >= 11 is 0. The molecule has 0 spiro atoms. The number of hydrogen-bond acceptors (Lipinski definition) is 7. The third kappa shape index (κ3) is 5.97. The molecule has 1 saturated heterocycles. The molecule has 1 aliphatic heterocycles. The number of alkyl halides is 3. The van der Waals surface area contributed by atoms with Crippen molar-refractivity contribution in [1.82, 2.24) is 9.88 Å². The van der Waals surface area contributed by atoms with Crippen LogP contribution in [0.25, 0.3) is 0 Å². The van der Waals surface area contributed by atoms with Crippen LogP contribution in [0.5, 0.6) is 5.88 Å². The highest BCUT2D eigenvalue weighted by atomic mass is 19.4. The van der Waals surface area contributed by atoms with Gasteiger partial charge < -0.3 is 19.9 Å². The molecule has 2 fully saturated rings. The summed E-state index contributed by atoms with van der Waals surface area (Å²) in [6.07, 6.45) is 0.247. The van der Waals surface area contributed by atoms with Gasteiger partial charge in [-0.3, -0.25) is 0 Å². The number of nitrogens with zero attached hydrogens (tertiary/aromatic N) is 4. The van der Waals surface area contributed by atoms with E-state index in [1.165, 1.54) is 6.07 Å². The van der Waals surface area contributed by atoms with Gasteiger partial charge in [0.2, 0.25) is 5.88 Å². The minimum Gasteiger partial charge on any atom is -0.474 e. The fraction of sp³-hybridized carbons (Fsp3) is 0.542. The Morgan fingerprint density at radius 2 is 1.82 bits per heavy atom. The lowest BCUT2D eigenvalue weighted by Crippen LogP contribution is -2.46. The molecule has 0 radical (unpaired) electrons. The molecule has 10 heteroatoms. The maximum Gasteiger partial charge on any atom is 0.418 e. The van der Waals surface area contributed by atoms with Gasteiger partial charge in [-0.2, -0.15) is 13.2 Å². The summed E-state index contributed by atoms with van der Waals surface area (Å²) < 4.78 is 45.7. The average molecular weight is 478 g/mol. The highest BCUT2D eigenvalue weighted by Gasteiger charge is 2.34. The van der Waals surface area contributed by atoms with Gasteiger partial charge in [-0.1, -0.05) is 6.92 Å². The normalized spacial score (nSPS) is 21.8. The van der Waals surface area contributed by atoms with E-state index in [9.17, 15) is 18.1 Å². The fourth-order valence-corrected chi connectivity index (χ4v) is 4.65. The lowest BCUT2D eigenvalue weighted by molar-refractivity contribution is -0.137. The molecule has 34 heavy (non-hydrogen) atoms. The van der Waals surface area contributed by atoms with Crippen molar-refractivity contribution in [3.05, 3.63) is 47.0 Å². The number of halogens is 3. The summed E-state index contributed by atoms with van der Waals surface area (Å²) in [4.78, 5) is 19.9. The summed E-state index contributed by atoms with van der Waals surface area (Å²) in [5, 5.41) is 5.66. The predicted octanol–water partition coefficient (Wildman–Crippen LogP) is 5.44. The molecule has 1 aromatic carbocycles. The number of aromatic nitrogens is 1. The zero-order valence-corrected chi connectivity index (χ0v) is 19.2. The molecule has 1 saturated carbocycles. The maximum absolute atomic E-state index is 13.2. The summed E-state index contributed by atoms with van der Waals surface area (Å²) in [6, 6.07) is 7.56. The van der Waals surface area contributed by atoms with Gasteiger partial charge in [0.1, 0.15) is 11.8 Å². The van der Waals surface area contributed by atoms with Crippen LogP contribution in [-0.4, -0.2) is 54.8 Å². The van der Waals surface area contributed by atoms with Gasteiger partial charge in [-0.25, -0.2) is 4.98 Å². The van der Waals surface area contributed by atoms with Crippen LogP contribution < -0.4 is 15.0 Å². The Labute approximate surface area is 197 Å². The minimum absolute atomic E-state index is 0.0186. The first-order valence-electron chi connectivity index (χ1n) is 11.8. The SMILES string of the molecule is CCN1CCN(c2ccnc(OC3CCC(Nc4ccc(N=O)c(C(F)(F)F)c4)CC3)c2)CC1. The summed E-state index contributed by atoms with van der Waals surface area (Å²) in [5.41, 5.74) is -0.171. The average Bonchev–Trinajstić information content (AvgIpc) is 2.85. The number of nitrogens with one attached hydrogen (secondary N) is 1. The van der Waals surface area contributed by atoms with Crippen LogP contribution in [0.3, 0.4) is 0 Å². The van der Waals surface area contributed by atoms with Crippen molar-refractivity contribution in [1.29, 1.82) is 0 Å². The number of ether oxygens (including phenoxy) is 1. The van der Waals surface area contributed by atoms with E-state index in [0.717, 1.165) is 76.2 Å². The third-order valence-electron chi connectivity index (χ3n) is 6.64. The Bertz CT molecular complexity index is 971. The Morgan fingerprint density at radius 3 is 2.47 bits per heavy atom. The molecule has 0 unspecified atom stereocenters. The number of rotatable bonds is 7. The minimum atomic E-state index is -4.63. The second-order valence-corrected chi connectivity index (χ2v) is 8.83. The van der Waals surface area contributed by atoms with Crippen LogP contribution in [0.15, 0.2) is 41.7 Å². The first-order chi connectivity index (χ1) is 16.4. The van der Waals surface area contributed by atoms with Crippen molar-refractivity contribution in [2.45, 2.75) is 50.9 Å². The second-order valence-electron chi connectivity index (χ2n) is 8.83. The van der Waals surface area contributed by atoms with E-state index in [4.69, 9.17) is 4.74 Å². The van der Waals surface area contributed by atoms with E-state index in [1.54, 1.807) is 6.20 Å². The van der Waals surface area contributed by atoms with E-state index in [1.807, 2.05) is 12.1 Å². The van der Waals surface area contributed by atoms with Gasteiger partial charge in [0.15, 0.2) is 0 Å². The largest absolute Gasteiger partial charge is 0.474 e. The fourth-order valence-electron chi connectivity index (χ4n) is 4.65. The number of nitroso groups, excluding NO2 is 1. The van der Waals surface area contributed by atoms with Gasteiger partial charge in [0.05, 0.1) is 5.56 Å². The van der Waals surface area contributed by atoms with E-state index < -0.39 is 17.4 Å². The third-order valence-corrected chi connectivity index (χ3v) is 6.64. The highest BCUT2D eigenvalue weighted by Crippen LogP contribution is 2.38. The molecule has 0 amide bonds. The molecule has 2 heterocycles.